The smallest absolute Gasteiger partial charge is 0.251 e. The van der Waals surface area contributed by atoms with Crippen LogP contribution in [0.2, 0.25) is 5.02 Å². The molecule has 33 heavy (non-hydrogen) atoms. The average Bonchev–Trinajstić information content (AvgIpc) is 3.28. The second-order valence-corrected chi connectivity index (χ2v) is 8.60. The Morgan fingerprint density at radius 1 is 0.909 bits per heavy atom. The van der Waals surface area contributed by atoms with Gasteiger partial charge in [-0.1, -0.05) is 60.1 Å². The Morgan fingerprint density at radius 2 is 1.61 bits per heavy atom. The molecule has 1 atom stereocenters. The van der Waals surface area contributed by atoms with Gasteiger partial charge in [0.2, 0.25) is 0 Å². The van der Waals surface area contributed by atoms with Crippen LogP contribution < -0.4 is 5.56 Å². The fourth-order valence-electron chi connectivity index (χ4n) is 4.40. The number of rotatable bonds is 4. The minimum absolute atomic E-state index is 0.0892. The van der Waals surface area contributed by atoms with Gasteiger partial charge in [0.15, 0.2) is 5.60 Å². The van der Waals surface area contributed by atoms with Crippen molar-refractivity contribution in [1.82, 2.24) is 14.1 Å². The Morgan fingerprint density at radius 3 is 2.27 bits per heavy atom. The molecule has 5 rings (SSSR count). The van der Waals surface area contributed by atoms with Gasteiger partial charge in [-0.25, -0.2) is 4.98 Å². The van der Waals surface area contributed by atoms with Gasteiger partial charge < -0.3 is 14.2 Å². The first-order chi connectivity index (χ1) is 15.9. The molecule has 0 saturated carbocycles. The third kappa shape index (κ3) is 3.46. The van der Waals surface area contributed by atoms with Crippen LogP contribution in [0.5, 0.6) is 0 Å². The summed E-state index contributed by atoms with van der Waals surface area (Å²) in [5.74, 6) is 0. The first-order valence-corrected chi connectivity index (χ1v) is 10.9. The summed E-state index contributed by atoms with van der Waals surface area (Å²) in [6.45, 7) is 0. The first kappa shape index (κ1) is 21.2. The van der Waals surface area contributed by atoms with Crippen LogP contribution in [0.1, 0.15) is 16.8 Å². The van der Waals surface area contributed by atoms with E-state index in [-0.39, 0.29) is 5.56 Å². The number of imidazole rings is 1. The molecule has 2 aromatic heterocycles. The zero-order chi connectivity index (χ0) is 23.2. The van der Waals surface area contributed by atoms with Crippen molar-refractivity contribution in [2.45, 2.75) is 5.60 Å². The average molecular weight is 456 g/mol. The SMILES string of the molecule is Cn1cncc1C(O)(c1ccc(Cl)cc1)c1ccc2c(c1)c(-c1ccccc1)cc(=O)n2C. The molecule has 5 nitrogen and oxygen atoms in total. The van der Waals surface area contributed by atoms with Crippen LogP contribution in [0.4, 0.5) is 0 Å². The van der Waals surface area contributed by atoms with Crippen LogP contribution in [-0.2, 0) is 19.7 Å². The monoisotopic (exact) mass is 455 g/mol. The lowest BCUT2D eigenvalue weighted by Gasteiger charge is -2.30. The van der Waals surface area contributed by atoms with Crippen molar-refractivity contribution in [3.8, 4) is 11.1 Å². The van der Waals surface area contributed by atoms with Crippen molar-refractivity contribution >= 4 is 22.5 Å². The van der Waals surface area contributed by atoms with Gasteiger partial charge in [0, 0.05) is 30.6 Å². The molecule has 0 amide bonds. The number of pyridine rings is 1. The Labute approximate surface area is 196 Å². The van der Waals surface area contributed by atoms with Crippen LogP contribution in [0, 0.1) is 0 Å². The predicted molar refractivity (Wildman–Crippen MR) is 131 cm³/mol. The molecular weight excluding hydrogens is 434 g/mol. The summed E-state index contributed by atoms with van der Waals surface area (Å²) < 4.78 is 3.43. The number of aromatic nitrogens is 3. The van der Waals surface area contributed by atoms with E-state index in [4.69, 9.17) is 11.6 Å². The number of aryl methyl sites for hydroxylation is 2. The van der Waals surface area contributed by atoms with Crippen molar-refractivity contribution in [2.75, 3.05) is 0 Å². The largest absolute Gasteiger partial charge is 0.374 e. The van der Waals surface area contributed by atoms with Crippen molar-refractivity contribution in [2.24, 2.45) is 14.1 Å². The highest BCUT2D eigenvalue weighted by Crippen LogP contribution is 2.39. The van der Waals surface area contributed by atoms with Gasteiger partial charge in [-0.2, -0.15) is 0 Å². The molecule has 0 aliphatic rings. The molecule has 0 aliphatic heterocycles. The number of fused-ring (bicyclic) bond motifs is 1. The van der Waals surface area contributed by atoms with Gasteiger partial charge in [-0.3, -0.25) is 4.79 Å². The summed E-state index contributed by atoms with van der Waals surface area (Å²) in [6.07, 6.45) is 3.33. The van der Waals surface area contributed by atoms with Gasteiger partial charge >= 0.3 is 0 Å². The summed E-state index contributed by atoms with van der Waals surface area (Å²) in [6, 6.07) is 24.3. The van der Waals surface area contributed by atoms with Gasteiger partial charge in [0.05, 0.1) is 23.7 Å². The van der Waals surface area contributed by atoms with Gasteiger partial charge in [0.1, 0.15) is 0 Å². The van der Waals surface area contributed by atoms with Crippen LogP contribution >= 0.6 is 11.6 Å². The van der Waals surface area contributed by atoms with Crippen molar-refractivity contribution in [3.63, 3.8) is 0 Å². The van der Waals surface area contributed by atoms with E-state index in [1.165, 1.54) is 0 Å². The summed E-state index contributed by atoms with van der Waals surface area (Å²) >= 11 is 6.13. The number of hydrogen-bond acceptors (Lipinski definition) is 3. The molecule has 1 N–H and O–H groups in total. The number of aliphatic hydroxyl groups is 1. The maximum absolute atomic E-state index is 12.7. The van der Waals surface area contributed by atoms with Gasteiger partial charge in [0.25, 0.3) is 5.56 Å². The molecular formula is C27H22ClN3O2. The van der Waals surface area contributed by atoms with Crippen molar-refractivity contribution in [3.05, 3.63) is 124 Å². The zero-order valence-corrected chi connectivity index (χ0v) is 19.0. The van der Waals surface area contributed by atoms with E-state index in [0.29, 0.717) is 21.8 Å². The van der Waals surface area contributed by atoms with Crippen molar-refractivity contribution in [1.29, 1.82) is 0 Å². The summed E-state index contributed by atoms with van der Waals surface area (Å²) in [7, 11) is 3.61. The third-order valence-corrected chi connectivity index (χ3v) is 6.45. The quantitative estimate of drug-likeness (QED) is 0.420. The Kier molecular flexibility index (Phi) is 5.16. The van der Waals surface area contributed by atoms with Crippen LogP contribution in [0.25, 0.3) is 22.0 Å². The maximum Gasteiger partial charge on any atom is 0.251 e. The molecule has 0 fully saturated rings. The summed E-state index contributed by atoms with van der Waals surface area (Å²) in [5.41, 5.74) is 2.93. The first-order valence-electron chi connectivity index (χ1n) is 10.5. The van der Waals surface area contributed by atoms with E-state index >= 15 is 0 Å². The van der Waals surface area contributed by atoms with Crippen LogP contribution in [-0.4, -0.2) is 19.2 Å². The highest BCUT2D eigenvalue weighted by molar-refractivity contribution is 6.30. The number of benzene rings is 3. The number of hydrogen-bond donors (Lipinski definition) is 1. The predicted octanol–water partition coefficient (Wildman–Crippen LogP) is 4.88. The highest BCUT2D eigenvalue weighted by atomic mass is 35.5. The van der Waals surface area contributed by atoms with E-state index in [0.717, 1.165) is 22.0 Å². The minimum atomic E-state index is -1.48. The summed E-state index contributed by atoms with van der Waals surface area (Å²) in [5, 5.41) is 13.7. The zero-order valence-electron chi connectivity index (χ0n) is 18.2. The molecule has 0 bridgehead atoms. The van der Waals surface area contributed by atoms with Crippen LogP contribution in [0.3, 0.4) is 0 Å². The molecule has 2 heterocycles. The molecule has 0 saturated heterocycles. The van der Waals surface area contributed by atoms with Crippen LogP contribution in [0.15, 0.2) is 96.2 Å². The Hall–Kier alpha value is -3.67. The van der Waals surface area contributed by atoms with E-state index < -0.39 is 5.60 Å². The maximum atomic E-state index is 12.7. The number of halogens is 1. The molecule has 5 aromatic rings. The lowest BCUT2D eigenvalue weighted by Crippen LogP contribution is -2.31. The fourth-order valence-corrected chi connectivity index (χ4v) is 4.53. The summed E-state index contributed by atoms with van der Waals surface area (Å²) in [4.78, 5) is 16.9. The van der Waals surface area contributed by atoms with E-state index in [2.05, 4.69) is 4.98 Å². The lowest BCUT2D eigenvalue weighted by molar-refractivity contribution is 0.117. The molecule has 0 spiro atoms. The molecule has 0 radical (unpaired) electrons. The minimum Gasteiger partial charge on any atom is -0.374 e. The standard InChI is InChI=1S/C27H22ClN3O2/c1-30-17-29-16-25(30)27(33,19-8-11-21(28)12-9-19)20-10-13-24-23(14-20)22(15-26(32)31(24)2)18-6-4-3-5-7-18/h3-17,33H,1-2H3. The van der Waals surface area contributed by atoms with E-state index in [1.54, 1.807) is 46.9 Å². The van der Waals surface area contributed by atoms with E-state index in [9.17, 15) is 9.90 Å². The van der Waals surface area contributed by atoms with E-state index in [1.807, 2.05) is 67.7 Å². The number of nitrogens with zero attached hydrogens (tertiary/aromatic N) is 3. The second kappa shape index (κ2) is 8.03. The lowest BCUT2D eigenvalue weighted by atomic mass is 9.82. The molecule has 1 unspecified atom stereocenters. The third-order valence-electron chi connectivity index (χ3n) is 6.20. The Bertz CT molecular complexity index is 1520. The topological polar surface area (TPSA) is 60.0 Å². The van der Waals surface area contributed by atoms with Gasteiger partial charge in [-0.05, 0) is 46.5 Å². The molecule has 3 aromatic carbocycles. The molecule has 164 valence electrons. The van der Waals surface area contributed by atoms with Gasteiger partial charge in [-0.15, -0.1) is 0 Å². The fraction of sp³-hybridized carbons (Fsp3) is 0.111. The Balaban J connectivity index is 1.84. The van der Waals surface area contributed by atoms with Crippen molar-refractivity contribution < 1.29 is 5.11 Å². The molecule has 0 aliphatic carbocycles. The second-order valence-electron chi connectivity index (χ2n) is 8.16. The highest BCUT2D eigenvalue weighted by Gasteiger charge is 2.37. The molecule has 6 heteroatoms. The normalized spacial score (nSPS) is 13.2.